The second-order valence-electron chi connectivity index (χ2n) is 4.37. The summed E-state index contributed by atoms with van der Waals surface area (Å²) in [7, 11) is 0. The maximum Gasteiger partial charge on any atom is 0.119 e. The number of rotatable bonds is 10. The Morgan fingerprint density at radius 3 is 2.40 bits per heavy atom. The Labute approximate surface area is 95.0 Å². The van der Waals surface area contributed by atoms with E-state index in [4.69, 9.17) is 0 Å². The topological polar surface area (TPSA) is 17.1 Å². The van der Waals surface area contributed by atoms with Crippen molar-refractivity contribution in [1.29, 1.82) is 0 Å². The van der Waals surface area contributed by atoms with Crippen LogP contribution in [-0.4, -0.2) is 6.29 Å². The first-order chi connectivity index (χ1) is 7.31. The molecule has 0 amide bonds. The smallest absolute Gasteiger partial charge is 0.119 e. The number of carbonyl (C=O) groups excluding carboxylic acids is 1. The van der Waals surface area contributed by atoms with Gasteiger partial charge in [-0.1, -0.05) is 45.3 Å². The highest BCUT2D eigenvalue weighted by molar-refractivity contribution is 5.48. The molecule has 1 atom stereocenters. The quantitative estimate of drug-likeness (QED) is 0.294. The molecule has 0 aliphatic heterocycles. The van der Waals surface area contributed by atoms with E-state index in [2.05, 4.69) is 26.0 Å². The van der Waals surface area contributed by atoms with Crippen LogP contribution in [0.4, 0.5) is 0 Å². The fourth-order valence-corrected chi connectivity index (χ4v) is 1.73. The van der Waals surface area contributed by atoms with Gasteiger partial charge in [0.25, 0.3) is 0 Å². The summed E-state index contributed by atoms with van der Waals surface area (Å²) in [5.74, 6) is 0.792. The van der Waals surface area contributed by atoms with E-state index in [9.17, 15) is 4.79 Å². The molecule has 0 fully saturated rings. The highest BCUT2D eigenvalue weighted by Gasteiger charge is 2.00. The molecular formula is C14H26O. The molecule has 0 heterocycles. The molecular weight excluding hydrogens is 184 g/mol. The zero-order valence-electron chi connectivity index (χ0n) is 10.4. The van der Waals surface area contributed by atoms with Crippen molar-refractivity contribution in [1.82, 2.24) is 0 Å². The molecule has 88 valence electrons. The van der Waals surface area contributed by atoms with Crippen molar-refractivity contribution in [3.8, 4) is 0 Å². The van der Waals surface area contributed by atoms with Gasteiger partial charge in [-0.05, 0) is 31.6 Å². The zero-order valence-corrected chi connectivity index (χ0v) is 10.4. The lowest BCUT2D eigenvalue weighted by molar-refractivity contribution is -0.107. The maximum absolute atomic E-state index is 10.1. The zero-order chi connectivity index (χ0) is 11.4. The van der Waals surface area contributed by atoms with E-state index in [1.54, 1.807) is 0 Å². The van der Waals surface area contributed by atoms with Gasteiger partial charge in [0.2, 0.25) is 0 Å². The van der Waals surface area contributed by atoms with Gasteiger partial charge in [0, 0.05) is 6.42 Å². The molecule has 0 aliphatic carbocycles. The van der Waals surface area contributed by atoms with E-state index in [-0.39, 0.29) is 0 Å². The summed E-state index contributed by atoms with van der Waals surface area (Å²) in [6, 6.07) is 0. The van der Waals surface area contributed by atoms with E-state index in [0.29, 0.717) is 0 Å². The van der Waals surface area contributed by atoms with Gasteiger partial charge in [-0.3, -0.25) is 0 Å². The normalized spacial score (nSPS) is 13.2. The van der Waals surface area contributed by atoms with Gasteiger partial charge in [-0.2, -0.15) is 0 Å². The molecule has 0 saturated heterocycles. The summed E-state index contributed by atoms with van der Waals surface area (Å²) >= 11 is 0. The molecule has 0 spiro atoms. The fourth-order valence-electron chi connectivity index (χ4n) is 1.73. The van der Waals surface area contributed by atoms with E-state index in [0.717, 1.165) is 31.5 Å². The van der Waals surface area contributed by atoms with E-state index < -0.39 is 0 Å². The van der Waals surface area contributed by atoms with Gasteiger partial charge >= 0.3 is 0 Å². The first kappa shape index (κ1) is 14.4. The van der Waals surface area contributed by atoms with Crippen LogP contribution in [0.25, 0.3) is 0 Å². The minimum atomic E-state index is 0.740. The summed E-state index contributed by atoms with van der Waals surface area (Å²) in [4.78, 5) is 10.1. The average molecular weight is 210 g/mol. The number of hydrogen-bond acceptors (Lipinski definition) is 1. The summed E-state index contributed by atoms with van der Waals surface area (Å²) in [5, 5.41) is 0. The Bertz CT molecular complexity index is 161. The van der Waals surface area contributed by atoms with E-state index >= 15 is 0 Å². The third kappa shape index (κ3) is 11.3. The number of unbranched alkanes of at least 4 members (excludes halogenated alkanes) is 3. The Morgan fingerprint density at radius 2 is 1.73 bits per heavy atom. The number of hydrogen-bond donors (Lipinski definition) is 0. The predicted octanol–water partition coefficient (Wildman–Crippen LogP) is 4.52. The number of aldehydes is 1. The number of allylic oxidation sites excluding steroid dienone is 2. The minimum Gasteiger partial charge on any atom is -0.303 e. The summed E-state index contributed by atoms with van der Waals surface area (Å²) in [6.45, 7) is 4.47. The molecule has 0 saturated carbocycles. The van der Waals surface area contributed by atoms with Gasteiger partial charge in [0.15, 0.2) is 0 Å². The van der Waals surface area contributed by atoms with Crippen LogP contribution >= 0.6 is 0 Å². The van der Waals surface area contributed by atoms with Crippen LogP contribution in [0, 0.1) is 5.92 Å². The summed E-state index contributed by atoms with van der Waals surface area (Å²) < 4.78 is 0. The number of carbonyl (C=O) groups is 1. The van der Waals surface area contributed by atoms with Crippen molar-refractivity contribution in [3.05, 3.63) is 12.2 Å². The van der Waals surface area contributed by atoms with Gasteiger partial charge in [0.05, 0.1) is 0 Å². The molecule has 15 heavy (non-hydrogen) atoms. The monoisotopic (exact) mass is 210 g/mol. The molecule has 1 heteroatoms. The minimum absolute atomic E-state index is 0.740. The van der Waals surface area contributed by atoms with E-state index in [1.165, 1.54) is 32.1 Å². The molecule has 0 bridgehead atoms. The lowest BCUT2D eigenvalue weighted by Gasteiger charge is -2.09. The predicted molar refractivity (Wildman–Crippen MR) is 67.0 cm³/mol. The molecule has 0 aromatic rings. The van der Waals surface area contributed by atoms with Crippen LogP contribution in [0.1, 0.15) is 65.2 Å². The van der Waals surface area contributed by atoms with Gasteiger partial charge in [-0.25, -0.2) is 0 Å². The molecule has 0 N–H and O–H groups in total. The lowest BCUT2D eigenvalue weighted by Crippen LogP contribution is -1.94. The fraction of sp³-hybridized carbons (Fsp3) is 0.786. The first-order valence-electron chi connectivity index (χ1n) is 6.39. The molecule has 0 aliphatic rings. The maximum atomic E-state index is 10.1. The molecule has 0 rings (SSSR count). The Kier molecular flexibility index (Phi) is 11.0. The van der Waals surface area contributed by atoms with Crippen molar-refractivity contribution in [2.45, 2.75) is 65.2 Å². The largest absolute Gasteiger partial charge is 0.303 e. The second-order valence-corrected chi connectivity index (χ2v) is 4.37. The van der Waals surface area contributed by atoms with Crippen molar-refractivity contribution in [2.24, 2.45) is 5.92 Å². The molecule has 0 aromatic carbocycles. The van der Waals surface area contributed by atoms with Crippen LogP contribution in [0.2, 0.25) is 0 Å². The molecule has 0 radical (unpaired) electrons. The average Bonchev–Trinajstić information content (AvgIpc) is 2.23. The Balaban J connectivity index is 3.19. The van der Waals surface area contributed by atoms with Gasteiger partial charge in [-0.15, -0.1) is 0 Å². The SMILES string of the molecule is CC/C=C/CCCCC(C)CCCC=O. The molecule has 1 unspecified atom stereocenters. The highest BCUT2D eigenvalue weighted by atomic mass is 16.1. The van der Waals surface area contributed by atoms with Crippen molar-refractivity contribution in [2.75, 3.05) is 0 Å². The van der Waals surface area contributed by atoms with E-state index in [1.807, 2.05) is 0 Å². The van der Waals surface area contributed by atoms with Crippen LogP contribution in [0.5, 0.6) is 0 Å². The second kappa shape index (κ2) is 11.5. The van der Waals surface area contributed by atoms with Gasteiger partial charge < -0.3 is 4.79 Å². The van der Waals surface area contributed by atoms with Crippen LogP contribution in [0.3, 0.4) is 0 Å². The first-order valence-corrected chi connectivity index (χ1v) is 6.39. The standard InChI is InChI=1S/C14H26O/c1-3-4-5-6-7-8-11-14(2)12-9-10-13-15/h4-5,13-14H,3,6-12H2,1-2H3/b5-4+. The third-order valence-corrected chi connectivity index (χ3v) is 2.74. The lowest BCUT2D eigenvalue weighted by atomic mass is 9.97. The van der Waals surface area contributed by atoms with Crippen LogP contribution in [0.15, 0.2) is 12.2 Å². The van der Waals surface area contributed by atoms with Crippen molar-refractivity contribution in [3.63, 3.8) is 0 Å². The van der Waals surface area contributed by atoms with Crippen molar-refractivity contribution >= 4 is 6.29 Å². The third-order valence-electron chi connectivity index (χ3n) is 2.74. The molecule has 0 aromatic heterocycles. The Hall–Kier alpha value is -0.590. The van der Waals surface area contributed by atoms with Crippen LogP contribution < -0.4 is 0 Å². The molecule has 1 nitrogen and oxygen atoms in total. The summed E-state index contributed by atoms with van der Waals surface area (Å²) in [6.07, 6.45) is 14.9. The highest BCUT2D eigenvalue weighted by Crippen LogP contribution is 2.15. The summed E-state index contributed by atoms with van der Waals surface area (Å²) in [5.41, 5.74) is 0. The van der Waals surface area contributed by atoms with Gasteiger partial charge in [0.1, 0.15) is 6.29 Å². The Morgan fingerprint density at radius 1 is 1.00 bits per heavy atom. The van der Waals surface area contributed by atoms with Crippen molar-refractivity contribution < 1.29 is 4.79 Å². The van der Waals surface area contributed by atoms with Crippen LogP contribution in [-0.2, 0) is 4.79 Å².